The molecule has 0 radical (unpaired) electrons. The van der Waals surface area contributed by atoms with Crippen molar-refractivity contribution in [1.29, 1.82) is 0 Å². The van der Waals surface area contributed by atoms with Gasteiger partial charge in [-0.3, -0.25) is 9.52 Å². The van der Waals surface area contributed by atoms with E-state index >= 15 is 0 Å². The van der Waals surface area contributed by atoms with E-state index in [1.165, 1.54) is 37.5 Å². The largest absolute Gasteiger partial charge is 0.461 e. The molecule has 0 fully saturated rings. The fraction of sp³-hybridized carbons (Fsp3) is 0.0952. The van der Waals surface area contributed by atoms with Gasteiger partial charge in [0.2, 0.25) is 17.6 Å². The quantitative estimate of drug-likeness (QED) is 0.450. The summed E-state index contributed by atoms with van der Waals surface area (Å²) in [5.74, 6) is 0.876. The first-order valence-corrected chi connectivity index (χ1v) is 10.7. The minimum Gasteiger partial charge on any atom is -0.461 e. The van der Waals surface area contributed by atoms with Crippen molar-refractivity contribution in [1.82, 2.24) is 10.1 Å². The molecule has 2 aromatic heterocycles. The highest BCUT2D eigenvalue weighted by molar-refractivity contribution is 7.92. The van der Waals surface area contributed by atoms with Crippen LogP contribution >= 0.6 is 0 Å². The van der Waals surface area contributed by atoms with Crippen LogP contribution in [-0.4, -0.2) is 24.5 Å². The lowest BCUT2D eigenvalue weighted by Crippen LogP contribution is -2.14. The van der Waals surface area contributed by atoms with Gasteiger partial charge in [0.25, 0.3) is 10.0 Å². The smallest absolute Gasteiger partial charge is 0.261 e. The third-order valence-electron chi connectivity index (χ3n) is 4.30. The van der Waals surface area contributed by atoms with Crippen molar-refractivity contribution < 1.29 is 22.2 Å². The number of hydrogen-bond donors (Lipinski definition) is 2. The highest BCUT2D eigenvalue weighted by Gasteiger charge is 2.18. The van der Waals surface area contributed by atoms with Gasteiger partial charge in [0.05, 0.1) is 23.3 Å². The summed E-state index contributed by atoms with van der Waals surface area (Å²) in [6, 6.07) is 16.3. The molecule has 158 valence electrons. The maximum absolute atomic E-state index is 12.8. The lowest BCUT2D eigenvalue weighted by Gasteiger charge is -2.12. The average Bonchev–Trinajstić information content (AvgIpc) is 3.41. The van der Waals surface area contributed by atoms with E-state index in [0.29, 0.717) is 34.4 Å². The maximum Gasteiger partial charge on any atom is 0.261 e. The first-order valence-electron chi connectivity index (χ1n) is 9.25. The Morgan fingerprint density at radius 2 is 1.81 bits per heavy atom. The lowest BCUT2D eigenvalue weighted by molar-refractivity contribution is -0.114. The second kappa shape index (κ2) is 8.44. The summed E-state index contributed by atoms with van der Waals surface area (Å²) in [5, 5.41) is 6.48. The van der Waals surface area contributed by atoms with Crippen molar-refractivity contribution in [2.75, 3.05) is 10.0 Å². The molecule has 0 aliphatic carbocycles. The summed E-state index contributed by atoms with van der Waals surface area (Å²) in [6.45, 7) is 1.38. The number of aromatic nitrogens is 2. The zero-order valence-electron chi connectivity index (χ0n) is 16.4. The van der Waals surface area contributed by atoms with Crippen LogP contribution in [0.2, 0.25) is 0 Å². The SMILES string of the molecule is CC(=O)Nc1ccc(S(=O)(=O)Nc2ccccc2Cc2nc(-c3ccco3)no2)cc1. The third kappa shape index (κ3) is 4.81. The molecule has 0 spiro atoms. The second-order valence-corrected chi connectivity index (χ2v) is 8.32. The Kier molecular flexibility index (Phi) is 5.54. The van der Waals surface area contributed by atoms with Crippen LogP contribution < -0.4 is 10.0 Å². The Balaban J connectivity index is 1.54. The predicted octanol–water partition coefficient (Wildman–Crippen LogP) is 3.68. The molecule has 0 bridgehead atoms. The molecule has 31 heavy (non-hydrogen) atoms. The summed E-state index contributed by atoms with van der Waals surface area (Å²) in [4.78, 5) is 15.5. The number of nitrogens with one attached hydrogen (secondary N) is 2. The maximum atomic E-state index is 12.8. The minimum absolute atomic E-state index is 0.0642. The van der Waals surface area contributed by atoms with Gasteiger partial charge in [-0.05, 0) is 48.0 Å². The molecule has 2 aromatic carbocycles. The zero-order chi connectivity index (χ0) is 21.8. The van der Waals surface area contributed by atoms with E-state index < -0.39 is 10.0 Å². The number of benzene rings is 2. The highest BCUT2D eigenvalue weighted by Crippen LogP contribution is 2.24. The van der Waals surface area contributed by atoms with Crippen molar-refractivity contribution in [2.45, 2.75) is 18.2 Å². The van der Waals surface area contributed by atoms with E-state index in [-0.39, 0.29) is 17.2 Å². The minimum atomic E-state index is -3.85. The van der Waals surface area contributed by atoms with Crippen molar-refractivity contribution in [3.63, 3.8) is 0 Å². The molecule has 9 nitrogen and oxygen atoms in total. The van der Waals surface area contributed by atoms with E-state index in [0.717, 1.165) is 0 Å². The predicted molar refractivity (Wildman–Crippen MR) is 113 cm³/mol. The topological polar surface area (TPSA) is 127 Å². The Morgan fingerprint density at radius 3 is 2.52 bits per heavy atom. The fourth-order valence-corrected chi connectivity index (χ4v) is 3.99. The number of hydrogen-bond acceptors (Lipinski definition) is 7. The Bertz CT molecular complexity index is 1300. The monoisotopic (exact) mass is 438 g/mol. The molecular formula is C21H18N4O5S. The van der Waals surface area contributed by atoms with E-state index in [4.69, 9.17) is 8.94 Å². The number of rotatable bonds is 7. The van der Waals surface area contributed by atoms with Crippen molar-refractivity contribution in [3.05, 3.63) is 78.4 Å². The van der Waals surface area contributed by atoms with Gasteiger partial charge in [-0.2, -0.15) is 4.98 Å². The molecule has 0 aliphatic heterocycles. The van der Waals surface area contributed by atoms with Gasteiger partial charge >= 0.3 is 0 Å². The number of sulfonamides is 1. The number of amides is 1. The number of carbonyl (C=O) groups excluding carboxylic acids is 1. The third-order valence-corrected chi connectivity index (χ3v) is 5.68. The van der Waals surface area contributed by atoms with Crippen molar-refractivity contribution in [3.8, 4) is 11.6 Å². The summed E-state index contributed by atoms with van der Waals surface area (Å²) in [5.41, 5.74) is 1.57. The van der Waals surface area contributed by atoms with Crippen LogP contribution in [0.1, 0.15) is 18.4 Å². The van der Waals surface area contributed by atoms with E-state index in [1.807, 2.05) is 0 Å². The molecule has 0 aliphatic rings. The summed E-state index contributed by atoms with van der Waals surface area (Å²) in [6.07, 6.45) is 1.74. The molecule has 4 rings (SSSR count). The molecule has 4 aromatic rings. The van der Waals surface area contributed by atoms with Crippen LogP contribution in [-0.2, 0) is 21.2 Å². The lowest BCUT2D eigenvalue weighted by atomic mass is 10.1. The van der Waals surface area contributed by atoms with Gasteiger partial charge in [0, 0.05) is 12.6 Å². The normalized spacial score (nSPS) is 11.3. The molecule has 0 saturated carbocycles. The molecule has 2 heterocycles. The standard InChI is InChI=1S/C21H18N4O5S/c1-14(26)22-16-8-10-17(11-9-16)31(27,28)25-18-6-3-2-5-15(18)13-20-23-21(24-30-20)19-7-4-12-29-19/h2-12,25H,13H2,1H3,(H,22,26). The Hall–Kier alpha value is -3.92. The molecule has 1 amide bonds. The zero-order valence-corrected chi connectivity index (χ0v) is 17.2. The Morgan fingerprint density at radius 1 is 1.03 bits per heavy atom. The van der Waals surface area contributed by atoms with Gasteiger partial charge in [-0.1, -0.05) is 23.4 Å². The van der Waals surface area contributed by atoms with Crippen LogP contribution in [0.4, 0.5) is 11.4 Å². The molecule has 10 heteroatoms. The van der Waals surface area contributed by atoms with Gasteiger partial charge in [0.15, 0.2) is 5.76 Å². The number of furan rings is 1. The van der Waals surface area contributed by atoms with Crippen LogP contribution in [0, 0.1) is 0 Å². The molecular weight excluding hydrogens is 420 g/mol. The summed E-state index contributed by atoms with van der Waals surface area (Å²) in [7, 11) is -3.85. The average molecular weight is 438 g/mol. The van der Waals surface area contributed by atoms with Crippen LogP contribution in [0.5, 0.6) is 0 Å². The second-order valence-electron chi connectivity index (χ2n) is 6.63. The van der Waals surface area contributed by atoms with Crippen LogP contribution in [0.3, 0.4) is 0 Å². The first kappa shape index (κ1) is 20.4. The van der Waals surface area contributed by atoms with Crippen LogP contribution in [0.25, 0.3) is 11.6 Å². The molecule has 0 saturated heterocycles. The van der Waals surface area contributed by atoms with Gasteiger partial charge in [0.1, 0.15) is 0 Å². The fourth-order valence-electron chi connectivity index (χ4n) is 2.89. The van der Waals surface area contributed by atoms with Crippen molar-refractivity contribution >= 4 is 27.3 Å². The molecule has 2 N–H and O–H groups in total. The first-order chi connectivity index (χ1) is 14.9. The number of anilines is 2. The number of carbonyl (C=O) groups is 1. The van der Waals surface area contributed by atoms with E-state index in [9.17, 15) is 13.2 Å². The van der Waals surface area contributed by atoms with E-state index in [2.05, 4.69) is 20.2 Å². The molecule has 0 atom stereocenters. The number of para-hydroxylation sites is 1. The summed E-state index contributed by atoms with van der Waals surface area (Å²) >= 11 is 0. The number of nitrogens with zero attached hydrogens (tertiary/aromatic N) is 2. The van der Waals surface area contributed by atoms with Gasteiger partial charge < -0.3 is 14.3 Å². The highest BCUT2D eigenvalue weighted by atomic mass is 32.2. The van der Waals surface area contributed by atoms with E-state index in [1.54, 1.807) is 36.4 Å². The van der Waals surface area contributed by atoms with Gasteiger partial charge in [-0.25, -0.2) is 8.42 Å². The summed E-state index contributed by atoms with van der Waals surface area (Å²) < 4.78 is 38.8. The van der Waals surface area contributed by atoms with Gasteiger partial charge in [-0.15, -0.1) is 0 Å². The Labute approximate surface area is 178 Å². The van der Waals surface area contributed by atoms with Crippen molar-refractivity contribution in [2.24, 2.45) is 0 Å². The van der Waals surface area contributed by atoms with Crippen LogP contribution in [0.15, 0.2) is 80.8 Å². The molecule has 0 unspecified atom stereocenters.